The lowest BCUT2D eigenvalue weighted by Gasteiger charge is -2.10. The van der Waals surface area contributed by atoms with Gasteiger partial charge in [0.1, 0.15) is 0 Å². The standard InChI is InChI=1S/C14H13NO3/c16-13-12(10-6-2-1-3-7-10)14(17)18-11-8-4-5-9-15(11)13/h1-3,6-7H,4-5,8-9H2/p+1. The van der Waals surface area contributed by atoms with Crippen molar-refractivity contribution in [3.05, 3.63) is 46.6 Å². The average molecular weight is 244 g/mol. The van der Waals surface area contributed by atoms with Crippen LogP contribution in [0.5, 0.6) is 5.88 Å². The number of hydrogen-bond donors (Lipinski definition) is 1. The Kier molecular flexibility index (Phi) is 2.63. The molecule has 0 spiro atoms. The van der Waals surface area contributed by atoms with Crippen molar-refractivity contribution in [3.8, 4) is 17.0 Å². The molecule has 0 saturated carbocycles. The van der Waals surface area contributed by atoms with Gasteiger partial charge in [0, 0.05) is 6.42 Å². The second-order valence-electron chi connectivity index (χ2n) is 4.46. The molecule has 0 fully saturated rings. The van der Waals surface area contributed by atoms with Gasteiger partial charge in [0.05, 0.1) is 6.42 Å². The molecule has 0 radical (unpaired) electrons. The Bertz CT molecular complexity index is 631. The van der Waals surface area contributed by atoms with Crippen LogP contribution in [0, 0.1) is 0 Å². The molecule has 1 aromatic heterocycles. The number of rotatable bonds is 1. The third-order valence-corrected chi connectivity index (χ3v) is 3.28. The summed E-state index contributed by atoms with van der Waals surface area (Å²) >= 11 is 0. The van der Waals surface area contributed by atoms with Crippen molar-refractivity contribution < 1.29 is 14.1 Å². The monoisotopic (exact) mass is 244 g/mol. The van der Waals surface area contributed by atoms with Crippen LogP contribution < -0.4 is 10.2 Å². The molecule has 0 unspecified atom stereocenters. The Balaban J connectivity index is 2.25. The number of fused-ring (bicyclic) bond motifs is 1. The summed E-state index contributed by atoms with van der Waals surface area (Å²) in [5.74, 6) is 0.593. The Morgan fingerprint density at radius 1 is 1.17 bits per heavy atom. The quantitative estimate of drug-likeness (QED) is 0.776. The fraction of sp³-hybridized carbons (Fsp3) is 0.286. The molecule has 92 valence electrons. The lowest BCUT2D eigenvalue weighted by Crippen LogP contribution is -2.43. The van der Waals surface area contributed by atoms with Crippen molar-refractivity contribution in [2.24, 2.45) is 0 Å². The van der Waals surface area contributed by atoms with Crippen LogP contribution >= 0.6 is 0 Å². The molecule has 1 aliphatic rings. The molecule has 18 heavy (non-hydrogen) atoms. The summed E-state index contributed by atoms with van der Waals surface area (Å²) in [6.45, 7) is 0.699. The van der Waals surface area contributed by atoms with Crippen LogP contribution in [0.1, 0.15) is 18.7 Å². The van der Waals surface area contributed by atoms with Crippen LogP contribution in [0.4, 0.5) is 0 Å². The van der Waals surface area contributed by atoms with Gasteiger partial charge in [0.25, 0.3) is 0 Å². The summed E-state index contributed by atoms with van der Waals surface area (Å²) in [5.41, 5.74) is 0.470. The maximum atomic E-state index is 12.0. The lowest BCUT2D eigenvalue weighted by molar-refractivity contribution is -0.725. The van der Waals surface area contributed by atoms with Crippen molar-refractivity contribution in [2.75, 3.05) is 0 Å². The molecule has 3 rings (SSSR count). The second-order valence-corrected chi connectivity index (χ2v) is 4.46. The summed E-state index contributed by atoms with van der Waals surface area (Å²) in [7, 11) is 0. The molecular formula is C14H14NO3+. The lowest BCUT2D eigenvalue weighted by atomic mass is 10.1. The Morgan fingerprint density at radius 3 is 2.72 bits per heavy atom. The van der Waals surface area contributed by atoms with E-state index in [2.05, 4.69) is 0 Å². The van der Waals surface area contributed by atoms with Crippen molar-refractivity contribution in [3.63, 3.8) is 0 Å². The van der Waals surface area contributed by atoms with Crippen LogP contribution in [0.3, 0.4) is 0 Å². The summed E-state index contributed by atoms with van der Waals surface area (Å²) in [5, 5.41) is 10.3. The van der Waals surface area contributed by atoms with Crippen LogP contribution in [-0.4, -0.2) is 5.11 Å². The zero-order valence-electron chi connectivity index (χ0n) is 9.93. The summed E-state index contributed by atoms with van der Waals surface area (Å²) in [6, 6.07) is 9.12. The molecule has 1 N–H and O–H groups in total. The van der Waals surface area contributed by atoms with E-state index in [0.717, 1.165) is 12.8 Å². The molecule has 0 saturated heterocycles. The Labute approximate surface area is 104 Å². The van der Waals surface area contributed by atoms with E-state index in [4.69, 9.17) is 4.42 Å². The number of aromatic hydroxyl groups is 1. The van der Waals surface area contributed by atoms with Gasteiger partial charge in [-0.1, -0.05) is 30.3 Å². The number of aryl methyl sites for hydroxylation is 1. The largest absolute Gasteiger partial charge is 0.459 e. The third kappa shape index (κ3) is 1.70. The first kappa shape index (κ1) is 11.0. The maximum Gasteiger partial charge on any atom is 0.383 e. The minimum Gasteiger partial charge on any atom is -0.459 e. The normalized spacial score (nSPS) is 14.2. The number of aromatic nitrogens is 1. The van der Waals surface area contributed by atoms with Crippen LogP contribution in [0.25, 0.3) is 11.1 Å². The SMILES string of the molecule is O=c1oc2[n+](c(O)c1-c1ccccc1)CCCC2. The fourth-order valence-corrected chi connectivity index (χ4v) is 2.37. The number of hydrogen-bond acceptors (Lipinski definition) is 3. The van der Waals surface area contributed by atoms with Gasteiger partial charge in [0.15, 0.2) is 12.1 Å². The molecule has 0 atom stereocenters. The summed E-state index contributed by atoms with van der Waals surface area (Å²) in [4.78, 5) is 12.0. The molecular weight excluding hydrogens is 230 g/mol. The van der Waals surface area contributed by atoms with Gasteiger partial charge in [-0.15, -0.1) is 4.57 Å². The molecule has 2 aromatic rings. The first-order chi connectivity index (χ1) is 8.77. The molecule has 2 heterocycles. The van der Waals surface area contributed by atoms with Crippen LogP contribution in [-0.2, 0) is 13.0 Å². The van der Waals surface area contributed by atoms with E-state index >= 15 is 0 Å². The molecule has 0 bridgehead atoms. The van der Waals surface area contributed by atoms with Crippen molar-refractivity contribution in [1.29, 1.82) is 0 Å². The fourth-order valence-electron chi connectivity index (χ4n) is 2.37. The summed E-state index contributed by atoms with van der Waals surface area (Å²) < 4.78 is 7.02. The van der Waals surface area contributed by atoms with E-state index in [-0.39, 0.29) is 11.4 Å². The predicted octanol–water partition coefficient (Wildman–Crippen LogP) is 1.64. The van der Waals surface area contributed by atoms with E-state index in [1.54, 1.807) is 16.7 Å². The van der Waals surface area contributed by atoms with Gasteiger partial charge in [0.2, 0.25) is 0 Å². The van der Waals surface area contributed by atoms with Crippen molar-refractivity contribution in [2.45, 2.75) is 25.8 Å². The predicted molar refractivity (Wildman–Crippen MR) is 65.2 cm³/mol. The van der Waals surface area contributed by atoms with E-state index in [1.807, 2.05) is 18.2 Å². The highest BCUT2D eigenvalue weighted by molar-refractivity contribution is 5.65. The Morgan fingerprint density at radius 2 is 1.94 bits per heavy atom. The van der Waals surface area contributed by atoms with Gasteiger partial charge in [-0.3, -0.25) is 0 Å². The van der Waals surface area contributed by atoms with E-state index in [1.165, 1.54) is 0 Å². The maximum absolute atomic E-state index is 12.0. The summed E-state index contributed by atoms with van der Waals surface area (Å²) in [6.07, 6.45) is 2.69. The topological polar surface area (TPSA) is 54.3 Å². The molecule has 0 amide bonds. The van der Waals surface area contributed by atoms with Crippen LogP contribution in [0.2, 0.25) is 0 Å². The Hall–Kier alpha value is -2.10. The molecule has 4 nitrogen and oxygen atoms in total. The van der Waals surface area contributed by atoms with Gasteiger partial charge in [-0.05, 0) is 12.0 Å². The zero-order chi connectivity index (χ0) is 12.5. The van der Waals surface area contributed by atoms with Gasteiger partial charge >= 0.3 is 17.4 Å². The highest BCUT2D eigenvalue weighted by Gasteiger charge is 2.29. The first-order valence-corrected chi connectivity index (χ1v) is 6.11. The van der Waals surface area contributed by atoms with Crippen molar-refractivity contribution in [1.82, 2.24) is 0 Å². The number of nitrogens with zero attached hydrogens (tertiary/aromatic N) is 1. The molecule has 0 aliphatic carbocycles. The molecule has 4 heteroatoms. The van der Waals surface area contributed by atoms with E-state index < -0.39 is 5.63 Å². The van der Waals surface area contributed by atoms with Crippen molar-refractivity contribution >= 4 is 0 Å². The van der Waals surface area contributed by atoms with Gasteiger partial charge < -0.3 is 9.52 Å². The first-order valence-electron chi connectivity index (χ1n) is 6.11. The third-order valence-electron chi connectivity index (χ3n) is 3.28. The number of benzene rings is 1. The van der Waals surface area contributed by atoms with E-state index in [9.17, 15) is 9.90 Å². The second kappa shape index (κ2) is 4.29. The minimum absolute atomic E-state index is 0.0205. The average Bonchev–Trinajstić information content (AvgIpc) is 2.40. The minimum atomic E-state index is -0.466. The highest BCUT2D eigenvalue weighted by atomic mass is 16.4. The van der Waals surface area contributed by atoms with Crippen LogP contribution in [0.15, 0.2) is 39.5 Å². The van der Waals surface area contributed by atoms with Gasteiger partial charge in [-0.2, -0.15) is 0 Å². The molecule has 1 aliphatic heterocycles. The van der Waals surface area contributed by atoms with E-state index in [0.29, 0.717) is 24.4 Å². The van der Waals surface area contributed by atoms with Gasteiger partial charge in [-0.25, -0.2) is 4.79 Å². The zero-order valence-corrected chi connectivity index (χ0v) is 9.93. The molecule has 1 aromatic carbocycles. The smallest absolute Gasteiger partial charge is 0.383 e. The highest BCUT2D eigenvalue weighted by Crippen LogP contribution is 2.24.